The fourth-order valence-electron chi connectivity index (χ4n) is 2.78. The van der Waals surface area contributed by atoms with Crippen molar-refractivity contribution in [3.63, 3.8) is 0 Å². The molecule has 0 bridgehead atoms. The number of rotatable bonds is 6. The molecule has 1 aromatic rings. The van der Waals surface area contributed by atoms with Crippen LogP contribution in [0.2, 0.25) is 0 Å². The van der Waals surface area contributed by atoms with Gasteiger partial charge in [0.25, 0.3) is 0 Å². The monoisotopic (exact) mass is 307 g/mol. The van der Waals surface area contributed by atoms with Crippen molar-refractivity contribution >= 4 is 6.09 Å². The summed E-state index contributed by atoms with van der Waals surface area (Å²) in [6, 6.07) is 10.1. The lowest BCUT2D eigenvalue weighted by molar-refractivity contribution is -0.0496. The van der Waals surface area contributed by atoms with E-state index in [4.69, 9.17) is 14.2 Å². The van der Waals surface area contributed by atoms with E-state index in [9.17, 15) is 4.79 Å². The molecule has 0 spiro atoms. The van der Waals surface area contributed by atoms with Gasteiger partial charge in [-0.1, -0.05) is 30.3 Å². The van der Waals surface area contributed by atoms with Crippen molar-refractivity contribution in [2.45, 2.75) is 51.0 Å². The number of benzene rings is 1. The molecule has 1 aliphatic carbocycles. The normalized spacial score (nSPS) is 24.7. The maximum atomic E-state index is 11.5. The quantitative estimate of drug-likeness (QED) is 0.878. The zero-order chi connectivity index (χ0) is 15.8. The molecule has 0 saturated heterocycles. The lowest BCUT2D eigenvalue weighted by Gasteiger charge is -2.35. The molecular formula is C17H25NO4. The van der Waals surface area contributed by atoms with E-state index in [1.807, 2.05) is 18.2 Å². The molecular weight excluding hydrogens is 282 g/mol. The Balaban J connectivity index is 1.80. The van der Waals surface area contributed by atoms with E-state index in [1.165, 1.54) is 5.56 Å². The number of hydrogen-bond donors (Lipinski definition) is 1. The minimum atomic E-state index is -0.377. The third-order valence-corrected chi connectivity index (χ3v) is 3.95. The van der Waals surface area contributed by atoms with Gasteiger partial charge in [0.15, 0.2) is 0 Å². The molecule has 0 unspecified atom stereocenters. The molecule has 1 saturated carbocycles. The second-order valence-electron chi connectivity index (χ2n) is 5.48. The highest BCUT2D eigenvalue weighted by Gasteiger charge is 2.32. The van der Waals surface area contributed by atoms with Crippen molar-refractivity contribution in [3.05, 3.63) is 35.9 Å². The number of nitrogens with one attached hydrogen (secondary N) is 1. The van der Waals surface area contributed by atoms with Gasteiger partial charge < -0.3 is 19.5 Å². The minimum absolute atomic E-state index is 0.0133. The van der Waals surface area contributed by atoms with Crippen LogP contribution < -0.4 is 5.32 Å². The van der Waals surface area contributed by atoms with E-state index in [2.05, 4.69) is 17.4 Å². The topological polar surface area (TPSA) is 56.8 Å². The van der Waals surface area contributed by atoms with Crippen LogP contribution in [0.5, 0.6) is 0 Å². The van der Waals surface area contributed by atoms with Crippen LogP contribution in [0.4, 0.5) is 4.79 Å². The van der Waals surface area contributed by atoms with Crippen LogP contribution in [0, 0.1) is 0 Å². The molecule has 0 aliphatic heterocycles. The Kier molecular flexibility index (Phi) is 6.68. The summed E-state index contributed by atoms with van der Waals surface area (Å²) in [4.78, 5) is 11.5. The molecule has 1 aromatic carbocycles. The fourth-order valence-corrected chi connectivity index (χ4v) is 2.78. The minimum Gasteiger partial charge on any atom is -0.450 e. The number of ether oxygens (including phenoxy) is 3. The Morgan fingerprint density at radius 1 is 1.27 bits per heavy atom. The smallest absolute Gasteiger partial charge is 0.407 e. The Morgan fingerprint density at radius 3 is 2.73 bits per heavy atom. The van der Waals surface area contributed by atoms with Crippen molar-refractivity contribution < 1.29 is 19.0 Å². The van der Waals surface area contributed by atoms with Crippen molar-refractivity contribution in [1.29, 1.82) is 0 Å². The average Bonchev–Trinajstić information content (AvgIpc) is 2.55. The highest BCUT2D eigenvalue weighted by Crippen LogP contribution is 2.24. The van der Waals surface area contributed by atoms with E-state index in [0.29, 0.717) is 13.2 Å². The standard InChI is InChI=1S/C17H25NO4/c1-3-21-17(19)18-15-10-9-14(11-16(15)20-2)22-12-13-7-5-4-6-8-13/h4-8,14-16H,3,9-12H2,1-2H3,(H,18,19)/t14-,15+,16+/m0/s1. The third kappa shape index (κ3) is 5.00. The Labute approximate surface area is 131 Å². The molecule has 22 heavy (non-hydrogen) atoms. The number of carbonyl (C=O) groups excluding carboxylic acids is 1. The molecule has 1 N–H and O–H groups in total. The zero-order valence-corrected chi connectivity index (χ0v) is 13.3. The van der Waals surface area contributed by atoms with Gasteiger partial charge in [0, 0.05) is 13.5 Å². The summed E-state index contributed by atoms with van der Waals surface area (Å²) in [5, 5.41) is 2.87. The maximum Gasteiger partial charge on any atom is 0.407 e. The van der Waals surface area contributed by atoms with Crippen LogP contribution in [0.25, 0.3) is 0 Å². The molecule has 0 heterocycles. The van der Waals surface area contributed by atoms with Crippen LogP contribution in [-0.2, 0) is 20.8 Å². The van der Waals surface area contributed by atoms with Gasteiger partial charge >= 0.3 is 6.09 Å². The van der Waals surface area contributed by atoms with Gasteiger partial charge in [0.1, 0.15) is 0 Å². The van der Waals surface area contributed by atoms with Gasteiger partial charge in [-0.2, -0.15) is 0 Å². The van der Waals surface area contributed by atoms with Crippen molar-refractivity contribution in [3.8, 4) is 0 Å². The van der Waals surface area contributed by atoms with Crippen LogP contribution >= 0.6 is 0 Å². The number of hydrogen-bond acceptors (Lipinski definition) is 4. The zero-order valence-electron chi connectivity index (χ0n) is 13.3. The molecule has 5 heteroatoms. The lowest BCUT2D eigenvalue weighted by atomic mass is 9.90. The molecule has 0 aromatic heterocycles. The summed E-state index contributed by atoms with van der Waals surface area (Å²) in [7, 11) is 1.67. The highest BCUT2D eigenvalue weighted by atomic mass is 16.5. The van der Waals surface area contributed by atoms with Gasteiger partial charge in [-0.15, -0.1) is 0 Å². The molecule has 1 aliphatic rings. The van der Waals surface area contributed by atoms with E-state index >= 15 is 0 Å². The van der Waals surface area contributed by atoms with Gasteiger partial charge in [0.2, 0.25) is 0 Å². The summed E-state index contributed by atoms with van der Waals surface area (Å²) in [5.74, 6) is 0. The summed E-state index contributed by atoms with van der Waals surface area (Å²) in [5.41, 5.74) is 1.17. The van der Waals surface area contributed by atoms with Crippen molar-refractivity contribution in [2.24, 2.45) is 0 Å². The third-order valence-electron chi connectivity index (χ3n) is 3.95. The molecule has 1 amide bonds. The summed E-state index contributed by atoms with van der Waals surface area (Å²) in [6.45, 7) is 2.78. The average molecular weight is 307 g/mol. The summed E-state index contributed by atoms with van der Waals surface area (Å²) < 4.78 is 16.4. The molecule has 0 radical (unpaired) electrons. The largest absolute Gasteiger partial charge is 0.450 e. The van der Waals surface area contributed by atoms with E-state index in [-0.39, 0.29) is 24.3 Å². The maximum absolute atomic E-state index is 11.5. The number of methoxy groups -OCH3 is 1. The predicted octanol–water partition coefficient (Wildman–Crippen LogP) is 2.89. The highest BCUT2D eigenvalue weighted by molar-refractivity contribution is 5.67. The first-order valence-electron chi connectivity index (χ1n) is 7.84. The SMILES string of the molecule is CCOC(=O)N[C@@H]1CC[C@H](OCc2ccccc2)C[C@H]1OC. The summed E-state index contributed by atoms with van der Waals surface area (Å²) >= 11 is 0. The van der Waals surface area contributed by atoms with Gasteiger partial charge in [-0.3, -0.25) is 0 Å². The van der Waals surface area contributed by atoms with Crippen LogP contribution in [-0.4, -0.2) is 38.1 Å². The van der Waals surface area contributed by atoms with Crippen LogP contribution in [0.15, 0.2) is 30.3 Å². The van der Waals surface area contributed by atoms with Crippen molar-refractivity contribution in [2.75, 3.05) is 13.7 Å². The first kappa shape index (κ1) is 16.8. The molecule has 1 fully saturated rings. The van der Waals surface area contributed by atoms with Gasteiger partial charge in [-0.25, -0.2) is 4.79 Å². The second kappa shape index (κ2) is 8.76. The van der Waals surface area contributed by atoms with Crippen LogP contribution in [0.3, 0.4) is 0 Å². The van der Waals surface area contributed by atoms with Gasteiger partial charge in [0.05, 0.1) is 31.5 Å². The molecule has 5 nitrogen and oxygen atoms in total. The number of alkyl carbamates (subject to hydrolysis) is 1. The van der Waals surface area contributed by atoms with Crippen molar-refractivity contribution in [1.82, 2.24) is 5.32 Å². The fraction of sp³-hybridized carbons (Fsp3) is 0.588. The van der Waals surface area contributed by atoms with E-state index in [1.54, 1.807) is 14.0 Å². The number of carbonyl (C=O) groups is 1. The first-order chi connectivity index (χ1) is 10.7. The molecule has 2 rings (SSSR count). The summed E-state index contributed by atoms with van der Waals surface area (Å²) in [6.07, 6.45) is 2.25. The number of amides is 1. The van der Waals surface area contributed by atoms with E-state index in [0.717, 1.165) is 19.3 Å². The van der Waals surface area contributed by atoms with Crippen LogP contribution in [0.1, 0.15) is 31.7 Å². The predicted molar refractivity (Wildman–Crippen MR) is 83.6 cm³/mol. The van der Waals surface area contributed by atoms with Gasteiger partial charge in [-0.05, 0) is 25.3 Å². The first-order valence-corrected chi connectivity index (χ1v) is 7.84. The Morgan fingerprint density at radius 2 is 2.05 bits per heavy atom. The molecule has 3 atom stereocenters. The molecule has 122 valence electrons. The Hall–Kier alpha value is -1.59. The second-order valence-corrected chi connectivity index (χ2v) is 5.48. The van der Waals surface area contributed by atoms with E-state index < -0.39 is 0 Å². The Bertz CT molecular complexity index is 451. The lowest BCUT2D eigenvalue weighted by Crippen LogP contribution is -2.49.